The van der Waals surface area contributed by atoms with Gasteiger partial charge in [-0.25, -0.2) is 4.79 Å². The van der Waals surface area contributed by atoms with Crippen molar-refractivity contribution in [3.8, 4) is 0 Å². The molecule has 0 fully saturated rings. The summed E-state index contributed by atoms with van der Waals surface area (Å²) < 4.78 is 0. The van der Waals surface area contributed by atoms with Crippen LogP contribution in [0.3, 0.4) is 0 Å². The molecule has 1 aromatic rings. The van der Waals surface area contributed by atoms with Crippen LogP contribution in [0.4, 0.5) is 10.5 Å². The fourth-order valence-corrected chi connectivity index (χ4v) is 1.46. The number of carbonyl (C=O) groups excluding carboxylic acids is 1. The number of aliphatic hydroxyl groups is 1. The Morgan fingerprint density at radius 2 is 1.94 bits per heavy atom. The highest BCUT2D eigenvalue weighted by Gasteiger charge is 2.06. The molecular weight excluding hydrogens is 218 g/mol. The Labute approximate surface area is 101 Å². The second-order valence-electron chi connectivity index (χ2n) is 4.09. The third-order valence-corrected chi connectivity index (χ3v) is 2.40. The zero-order valence-electron chi connectivity index (χ0n) is 10.1. The van der Waals surface area contributed by atoms with E-state index in [2.05, 4.69) is 10.6 Å². The number of urea groups is 1. The van der Waals surface area contributed by atoms with Gasteiger partial charge in [0, 0.05) is 18.3 Å². The van der Waals surface area contributed by atoms with Gasteiger partial charge in [0.2, 0.25) is 0 Å². The molecule has 1 aromatic carbocycles. The zero-order valence-corrected chi connectivity index (χ0v) is 10.1. The Hall–Kier alpha value is -1.59. The fourth-order valence-electron chi connectivity index (χ4n) is 1.46. The molecule has 0 aliphatic heterocycles. The van der Waals surface area contributed by atoms with Crippen LogP contribution in [0, 0.1) is 0 Å². The van der Waals surface area contributed by atoms with Crippen LogP contribution in [0.5, 0.6) is 0 Å². The topological polar surface area (TPSA) is 87.4 Å². The lowest BCUT2D eigenvalue weighted by atomic mass is 10.1. The molecule has 0 radical (unpaired) electrons. The molecule has 94 valence electrons. The molecule has 1 rings (SSSR count). The molecule has 0 aromatic heterocycles. The minimum atomic E-state index is -0.571. The standard InChI is InChI=1S/C12H19N3O2/c1-8(16)7-14-9(2)10-3-5-11(6-4-10)15-12(13)17/h3-6,8-9,14,16H,7H2,1-2H3,(H3,13,15,17). The lowest BCUT2D eigenvalue weighted by molar-refractivity contribution is 0.187. The van der Waals surface area contributed by atoms with Crippen molar-refractivity contribution in [2.45, 2.75) is 26.0 Å². The van der Waals surface area contributed by atoms with Gasteiger partial charge in [-0.3, -0.25) is 0 Å². The summed E-state index contributed by atoms with van der Waals surface area (Å²) >= 11 is 0. The number of nitrogens with two attached hydrogens (primary N) is 1. The number of nitrogens with one attached hydrogen (secondary N) is 2. The van der Waals surface area contributed by atoms with Crippen molar-refractivity contribution in [1.29, 1.82) is 0 Å². The number of carbonyl (C=O) groups is 1. The van der Waals surface area contributed by atoms with E-state index in [4.69, 9.17) is 10.8 Å². The van der Waals surface area contributed by atoms with E-state index < -0.39 is 6.03 Å². The number of anilines is 1. The van der Waals surface area contributed by atoms with E-state index in [0.29, 0.717) is 12.2 Å². The Bertz CT molecular complexity index is 363. The first-order chi connectivity index (χ1) is 7.99. The predicted molar refractivity (Wildman–Crippen MR) is 67.7 cm³/mol. The van der Waals surface area contributed by atoms with Gasteiger partial charge in [-0.15, -0.1) is 0 Å². The molecule has 5 heteroatoms. The van der Waals surface area contributed by atoms with Gasteiger partial charge in [0.05, 0.1) is 6.10 Å². The summed E-state index contributed by atoms with van der Waals surface area (Å²) in [5.41, 5.74) is 6.77. The maximum Gasteiger partial charge on any atom is 0.316 e. The molecule has 0 saturated heterocycles. The Morgan fingerprint density at radius 1 is 1.35 bits per heavy atom. The largest absolute Gasteiger partial charge is 0.392 e. The van der Waals surface area contributed by atoms with E-state index in [1.54, 1.807) is 19.1 Å². The minimum absolute atomic E-state index is 0.146. The Balaban J connectivity index is 2.57. The van der Waals surface area contributed by atoms with Gasteiger partial charge in [-0.2, -0.15) is 0 Å². The molecule has 0 saturated carbocycles. The van der Waals surface area contributed by atoms with E-state index in [-0.39, 0.29) is 12.1 Å². The monoisotopic (exact) mass is 237 g/mol. The average Bonchev–Trinajstić information content (AvgIpc) is 2.26. The van der Waals surface area contributed by atoms with Crippen LogP contribution in [0.1, 0.15) is 25.5 Å². The Kier molecular flexibility index (Phi) is 4.93. The van der Waals surface area contributed by atoms with Crippen LogP contribution in [-0.4, -0.2) is 23.8 Å². The summed E-state index contributed by atoms with van der Waals surface area (Å²) in [6.45, 7) is 4.29. The molecular formula is C12H19N3O2. The summed E-state index contributed by atoms with van der Waals surface area (Å²) in [6.07, 6.45) is -0.367. The van der Waals surface area contributed by atoms with E-state index in [1.807, 2.05) is 19.1 Å². The Morgan fingerprint density at radius 3 is 2.41 bits per heavy atom. The summed E-state index contributed by atoms with van der Waals surface area (Å²) in [6, 6.07) is 6.97. The molecule has 2 amide bonds. The molecule has 0 bridgehead atoms. The maximum absolute atomic E-state index is 10.6. The number of amides is 2. The van der Waals surface area contributed by atoms with Gasteiger partial charge in [0.25, 0.3) is 0 Å². The van der Waals surface area contributed by atoms with E-state index >= 15 is 0 Å². The van der Waals surface area contributed by atoms with Crippen LogP contribution in [0.25, 0.3) is 0 Å². The predicted octanol–water partition coefficient (Wildman–Crippen LogP) is 1.21. The molecule has 17 heavy (non-hydrogen) atoms. The smallest absolute Gasteiger partial charge is 0.316 e. The first-order valence-corrected chi connectivity index (χ1v) is 5.57. The molecule has 5 nitrogen and oxygen atoms in total. The number of hydrogen-bond acceptors (Lipinski definition) is 3. The van der Waals surface area contributed by atoms with Crippen molar-refractivity contribution in [3.63, 3.8) is 0 Å². The van der Waals surface area contributed by atoms with Crippen molar-refractivity contribution in [3.05, 3.63) is 29.8 Å². The van der Waals surface area contributed by atoms with Crippen molar-refractivity contribution >= 4 is 11.7 Å². The number of benzene rings is 1. The van der Waals surface area contributed by atoms with Gasteiger partial charge >= 0.3 is 6.03 Å². The third kappa shape index (κ3) is 4.84. The fraction of sp³-hybridized carbons (Fsp3) is 0.417. The number of rotatable bonds is 5. The van der Waals surface area contributed by atoms with Crippen molar-refractivity contribution in [2.75, 3.05) is 11.9 Å². The highest BCUT2D eigenvalue weighted by Crippen LogP contribution is 2.15. The lowest BCUT2D eigenvalue weighted by Crippen LogP contribution is -2.27. The van der Waals surface area contributed by atoms with Crippen molar-refractivity contribution in [2.24, 2.45) is 5.73 Å². The SMILES string of the molecule is CC(O)CNC(C)c1ccc(NC(N)=O)cc1. The summed E-state index contributed by atoms with van der Waals surface area (Å²) in [5.74, 6) is 0. The normalized spacial score (nSPS) is 14.1. The first-order valence-electron chi connectivity index (χ1n) is 5.57. The number of primary amides is 1. The maximum atomic E-state index is 10.6. The van der Waals surface area contributed by atoms with E-state index in [9.17, 15) is 4.79 Å². The van der Waals surface area contributed by atoms with E-state index in [0.717, 1.165) is 5.56 Å². The van der Waals surface area contributed by atoms with Gasteiger partial charge in [-0.1, -0.05) is 12.1 Å². The quantitative estimate of drug-likeness (QED) is 0.620. The van der Waals surface area contributed by atoms with Crippen LogP contribution in [0.15, 0.2) is 24.3 Å². The van der Waals surface area contributed by atoms with Crippen LogP contribution in [0.2, 0.25) is 0 Å². The lowest BCUT2D eigenvalue weighted by Gasteiger charge is -2.15. The molecule has 2 unspecified atom stereocenters. The van der Waals surface area contributed by atoms with Gasteiger partial charge in [0.1, 0.15) is 0 Å². The minimum Gasteiger partial charge on any atom is -0.392 e. The zero-order chi connectivity index (χ0) is 12.8. The highest BCUT2D eigenvalue weighted by molar-refractivity contribution is 5.87. The molecule has 0 aliphatic rings. The van der Waals surface area contributed by atoms with E-state index in [1.165, 1.54) is 0 Å². The van der Waals surface area contributed by atoms with Crippen molar-refractivity contribution in [1.82, 2.24) is 5.32 Å². The van der Waals surface area contributed by atoms with Crippen LogP contribution in [-0.2, 0) is 0 Å². The molecule has 5 N–H and O–H groups in total. The molecule has 0 heterocycles. The van der Waals surface area contributed by atoms with Gasteiger partial charge < -0.3 is 21.5 Å². The molecule has 0 aliphatic carbocycles. The van der Waals surface area contributed by atoms with Crippen LogP contribution < -0.4 is 16.4 Å². The second kappa shape index (κ2) is 6.22. The summed E-state index contributed by atoms with van der Waals surface area (Å²) in [7, 11) is 0. The highest BCUT2D eigenvalue weighted by atomic mass is 16.3. The molecule has 2 atom stereocenters. The summed E-state index contributed by atoms with van der Waals surface area (Å²) in [5, 5.41) is 14.9. The number of aliphatic hydroxyl groups excluding tert-OH is 1. The van der Waals surface area contributed by atoms with Gasteiger partial charge in [-0.05, 0) is 31.5 Å². The van der Waals surface area contributed by atoms with Crippen LogP contribution >= 0.6 is 0 Å². The third-order valence-electron chi connectivity index (χ3n) is 2.40. The second-order valence-corrected chi connectivity index (χ2v) is 4.09. The summed E-state index contributed by atoms with van der Waals surface area (Å²) in [4.78, 5) is 10.6. The van der Waals surface area contributed by atoms with Crippen molar-refractivity contribution < 1.29 is 9.90 Å². The molecule has 0 spiro atoms. The first kappa shape index (κ1) is 13.5. The number of hydrogen-bond donors (Lipinski definition) is 4. The average molecular weight is 237 g/mol. The van der Waals surface area contributed by atoms with Gasteiger partial charge in [0.15, 0.2) is 0 Å².